The average molecular weight is 138 g/mol. The number of hydrogen-bond donors (Lipinski definition) is 4. The smallest absolute Gasteiger partial charge is 0.0730 e. The Labute approximate surface area is 59.2 Å². The summed E-state index contributed by atoms with van der Waals surface area (Å²) >= 11 is 0. The molecular formula is C6H10N4. The second-order valence-corrected chi connectivity index (χ2v) is 1.86. The highest BCUT2D eigenvalue weighted by Gasteiger charge is 1.91. The highest BCUT2D eigenvalue weighted by molar-refractivity contribution is 5.64. The molecule has 1 rings (SSSR count). The standard InChI is InChI=1S/C6H10N4/c7-5-3-1-2-4-6(5)9-10-8/h1-4,9-10H,7-8H2. The van der Waals surface area contributed by atoms with Gasteiger partial charge in [0.1, 0.15) is 0 Å². The molecule has 4 heteroatoms. The van der Waals surface area contributed by atoms with E-state index < -0.39 is 0 Å². The molecule has 0 atom stereocenters. The molecule has 1 aromatic carbocycles. The summed E-state index contributed by atoms with van der Waals surface area (Å²) < 4.78 is 0. The summed E-state index contributed by atoms with van der Waals surface area (Å²) in [7, 11) is 0. The SMILES string of the molecule is NNNc1ccccc1N. The Bertz CT molecular complexity index is 211. The summed E-state index contributed by atoms with van der Waals surface area (Å²) in [5, 5.41) is 0. The fourth-order valence-corrected chi connectivity index (χ4v) is 0.689. The first kappa shape index (κ1) is 6.85. The molecule has 0 bridgehead atoms. The summed E-state index contributed by atoms with van der Waals surface area (Å²) in [4.78, 5) is 0. The molecule has 4 nitrogen and oxygen atoms in total. The van der Waals surface area contributed by atoms with Crippen molar-refractivity contribution >= 4 is 11.4 Å². The van der Waals surface area contributed by atoms with Crippen molar-refractivity contribution in [3.05, 3.63) is 24.3 Å². The molecule has 0 heterocycles. The van der Waals surface area contributed by atoms with Crippen LogP contribution in [0.2, 0.25) is 0 Å². The summed E-state index contributed by atoms with van der Waals surface area (Å²) in [6.07, 6.45) is 0. The molecule has 0 saturated heterocycles. The first-order valence-corrected chi connectivity index (χ1v) is 2.90. The van der Waals surface area contributed by atoms with Crippen molar-refractivity contribution < 1.29 is 0 Å². The largest absolute Gasteiger partial charge is 0.397 e. The Morgan fingerprint density at radius 2 is 1.90 bits per heavy atom. The number of hydrogen-bond acceptors (Lipinski definition) is 4. The van der Waals surface area contributed by atoms with Gasteiger partial charge in [-0.1, -0.05) is 12.1 Å². The van der Waals surface area contributed by atoms with E-state index in [-0.39, 0.29) is 0 Å². The lowest BCUT2D eigenvalue weighted by molar-refractivity contribution is 0.877. The predicted molar refractivity (Wildman–Crippen MR) is 41.8 cm³/mol. The van der Waals surface area contributed by atoms with Gasteiger partial charge in [0, 0.05) is 0 Å². The predicted octanol–water partition coefficient (Wildman–Crippen LogP) is 0.0590. The van der Waals surface area contributed by atoms with Gasteiger partial charge in [-0.3, -0.25) is 5.84 Å². The van der Waals surface area contributed by atoms with E-state index >= 15 is 0 Å². The Hall–Kier alpha value is -1.26. The topological polar surface area (TPSA) is 76.1 Å². The molecule has 0 amide bonds. The maximum atomic E-state index is 5.55. The third-order valence-electron chi connectivity index (χ3n) is 1.17. The van der Waals surface area contributed by atoms with E-state index in [1.165, 1.54) is 0 Å². The summed E-state index contributed by atoms with van der Waals surface area (Å²) in [6.45, 7) is 0. The van der Waals surface area contributed by atoms with Gasteiger partial charge in [-0.15, -0.1) is 0 Å². The Morgan fingerprint density at radius 1 is 1.20 bits per heavy atom. The van der Waals surface area contributed by atoms with E-state index in [1.807, 2.05) is 18.2 Å². The van der Waals surface area contributed by atoms with Crippen LogP contribution in [-0.2, 0) is 0 Å². The van der Waals surface area contributed by atoms with E-state index in [1.54, 1.807) is 6.07 Å². The zero-order valence-corrected chi connectivity index (χ0v) is 5.46. The van der Waals surface area contributed by atoms with Crippen molar-refractivity contribution in [2.24, 2.45) is 5.84 Å². The number of para-hydroxylation sites is 2. The van der Waals surface area contributed by atoms with Crippen molar-refractivity contribution in [2.75, 3.05) is 11.2 Å². The van der Waals surface area contributed by atoms with E-state index in [4.69, 9.17) is 11.6 Å². The second-order valence-electron chi connectivity index (χ2n) is 1.86. The van der Waals surface area contributed by atoms with E-state index in [0.29, 0.717) is 5.69 Å². The van der Waals surface area contributed by atoms with Crippen LogP contribution in [0, 0.1) is 0 Å². The van der Waals surface area contributed by atoms with Crippen molar-refractivity contribution in [3.8, 4) is 0 Å². The Balaban J connectivity index is 2.81. The van der Waals surface area contributed by atoms with Gasteiger partial charge >= 0.3 is 0 Å². The number of hydrazine groups is 2. The van der Waals surface area contributed by atoms with E-state index in [2.05, 4.69) is 11.0 Å². The van der Waals surface area contributed by atoms with Crippen LogP contribution in [0.25, 0.3) is 0 Å². The van der Waals surface area contributed by atoms with E-state index in [9.17, 15) is 0 Å². The summed E-state index contributed by atoms with van der Waals surface area (Å²) in [5.74, 6) is 5.01. The van der Waals surface area contributed by atoms with Gasteiger partial charge in [0.25, 0.3) is 0 Å². The molecule has 0 aromatic heterocycles. The monoisotopic (exact) mass is 138 g/mol. The molecular weight excluding hydrogens is 128 g/mol. The van der Waals surface area contributed by atoms with Crippen LogP contribution in [-0.4, -0.2) is 0 Å². The number of nitrogen functional groups attached to an aromatic ring is 1. The summed E-state index contributed by atoms with van der Waals surface area (Å²) in [5.41, 5.74) is 12.0. The maximum Gasteiger partial charge on any atom is 0.0730 e. The maximum absolute atomic E-state index is 5.55. The fourth-order valence-electron chi connectivity index (χ4n) is 0.689. The Morgan fingerprint density at radius 3 is 2.50 bits per heavy atom. The molecule has 0 radical (unpaired) electrons. The number of rotatable bonds is 2. The highest BCUT2D eigenvalue weighted by Crippen LogP contribution is 2.14. The molecule has 10 heavy (non-hydrogen) atoms. The second kappa shape index (κ2) is 3.05. The van der Waals surface area contributed by atoms with Gasteiger partial charge in [-0.05, 0) is 12.1 Å². The normalized spacial score (nSPS) is 9.30. The molecule has 0 aliphatic heterocycles. The van der Waals surface area contributed by atoms with Gasteiger partial charge in [0.15, 0.2) is 0 Å². The van der Waals surface area contributed by atoms with Crippen LogP contribution in [0.5, 0.6) is 0 Å². The minimum Gasteiger partial charge on any atom is -0.397 e. The van der Waals surface area contributed by atoms with E-state index in [0.717, 1.165) is 5.69 Å². The minimum absolute atomic E-state index is 0.667. The van der Waals surface area contributed by atoms with Crippen LogP contribution in [0.15, 0.2) is 24.3 Å². The first-order valence-electron chi connectivity index (χ1n) is 2.90. The third-order valence-corrected chi connectivity index (χ3v) is 1.17. The Kier molecular flexibility index (Phi) is 2.09. The lowest BCUT2D eigenvalue weighted by Gasteiger charge is -2.05. The number of nitrogens with one attached hydrogen (secondary N) is 2. The number of benzene rings is 1. The van der Waals surface area contributed by atoms with Gasteiger partial charge in [-0.25, -0.2) is 0 Å². The van der Waals surface area contributed by atoms with Crippen molar-refractivity contribution in [1.82, 2.24) is 5.53 Å². The van der Waals surface area contributed by atoms with Crippen LogP contribution >= 0.6 is 0 Å². The van der Waals surface area contributed by atoms with Gasteiger partial charge in [0.05, 0.1) is 11.4 Å². The van der Waals surface area contributed by atoms with Crippen LogP contribution in [0.3, 0.4) is 0 Å². The molecule has 0 spiro atoms. The molecule has 6 N–H and O–H groups in total. The zero-order valence-electron chi connectivity index (χ0n) is 5.46. The lowest BCUT2D eigenvalue weighted by Crippen LogP contribution is -2.29. The van der Waals surface area contributed by atoms with Crippen LogP contribution in [0.4, 0.5) is 11.4 Å². The summed E-state index contributed by atoms with van der Waals surface area (Å²) in [6, 6.07) is 7.35. The minimum atomic E-state index is 0.667. The van der Waals surface area contributed by atoms with Gasteiger partial charge in [0.2, 0.25) is 0 Å². The van der Waals surface area contributed by atoms with Gasteiger partial charge in [-0.2, -0.15) is 5.53 Å². The molecule has 0 aliphatic rings. The average Bonchev–Trinajstić information content (AvgIpc) is 1.94. The quantitative estimate of drug-likeness (QED) is 0.265. The third kappa shape index (κ3) is 1.37. The fraction of sp³-hybridized carbons (Fsp3) is 0. The molecule has 0 unspecified atom stereocenters. The molecule has 0 saturated carbocycles. The molecule has 0 fully saturated rings. The first-order chi connectivity index (χ1) is 4.84. The van der Waals surface area contributed by atoms with Crippen LogP contribution in [0.1, 0.15) is 0 Å². The number of nitrogens with two attached hydrogens (primary N) is 2. The molecule has 1 aromatic rings. The lowest BCUT2D eigenvalue weighted by atomic mass is 10.3. The van der Waals surface area contributed by atoms with Crippen LogP contribution < -0.4 is 22.5 Å². The van der Waals surface area contributed by atoms with Crippen molar-refractivity contribution in [1.29, 1.82) is 0 Å². The zero-order chi connectivity index (χ0) is 7.40. The number of anilines is 2. The van der Waals surface area contributed by atoms with Crippen molar-refractivity contribution in [2.45, 2.75) is 0 Å². The molecule has 0 aliphatic carbocycles. The van der Waals surface area contributed by atoms with Crippen molar-refractivity contribution in [3.63, 3.8) is 0 Å². The highest BCUT2D eigenvalue weighted by atomic mass is 15.5. The van der Waals surface area contributed by atoms with Gasteiger partial charge < -0.3 is 11.2 Å². The molecule has 54 valence electrons.